The number of nitrogens with zero attached hydrogens (tertiary/aromatic N) is 1. The van der Waals surface area contributed by atoms with Crippen LogP contribution in [0, 0.1) is 0 Å². The zero-order valence-electron chi connectivity index (χ0n) is 10.3. The smallest absolute Gasteiger partial charge is 0.122 e. The van der Waals surface area contributed by atoms with Crippen LogP contribution in [0.1, 0.15) is 36.3 Å². The number of rotatable bonds is 4. The van der Waals surface area contributed by atoms with E-state index in [0.717, 1.165) is 18.4 Å². The lowest BCUT2D eigenvalue weighted by Gasteiger charge is -2.13. The van der Waals surface area contributed by atoms with E-state index in [1.807, 2.05) is 18.2 Å². The third-order valence-corrected chi connectivity index (χ3v) is 3.17. The summed E-state index contributed by atoms with van der Waals surface area (Å²) in [5.41, 5.74) is 2.57. The second-order valence-corrected chi connectivity index (χ2v) is 4.68. The summed E-state index contributed by atoms with van der Waals surface area (Å²) in [4.78, 5) is 4.15. The van der Waals surface area contributed by atoms with Gasteiger partial charge < -0.3 is 5.11 Å². The van der Waals surface area contributed by atoms with Crippen LogP contribution in [-0.2, 0) is 6.42 Å². The van der Waals surface area contributed by atoms with Gasteiger partial charge in [-0.2, -0.15) is 0 Å². The number of hydrogen-bond acceptors (Lipinski definition) is 2. The van der Waals surface area contributed by atoms with Crippen LogP contribution < -0.4 is 0 Å². The van der Waals surface area contributed by atoms with Gasteiger partial charge in [0.2, 0.25) is 0 Å². The maximum absolute atomic E-state index is 10.3. The van der Waals surface area contributed by atoms with Crippen molar-refractivity contribution in [2.75, 3.05) is 0 Å². The summed E-state index contributed by atoms with van der Waals surface area (Å²) in [7, 11) is 0. The fourth-order valence-electron chi connectivity index (χ4n) is 1.96. The van der Waals surface area contributed by atoms with E-state index >= 15 is 0 Å². The standard InChI is InChI=1S/C15H16ClNO/c1-2-5-11-6-3-7-12(10-11)15(18)14-13(16)8-4-9-17-14/h3-4,6-10,15,18H,2,5H2,1H3. The Morgan fingerprint density at radius 2 is 2.11 bits per heavy atom. The number of hydrogen-bond donors (Lipinski definition) is 1. The van der Waals surface area contributed by atoms with Crippen LogP contribution in [0.2, 0.25) is 5.02 Å². The Morgan fingerprint density at radius 3 is 2.83 bits per heavy atom. The van der Waals surface area contributed by atoms with Gasteiger partial charge >= 0.3 is 0 Å². The van der Waals surface area contributed by atoms with E-state index in [1.54, 1.807) is 18.3 Å². The molecule has 0 saturated heterocycles. The molecule has 0 amide bonds. The fraction of sp³-hybridized carbons (Fsp3) is 0.267. The summed E-state index contributed by atoms with van der Waals surface area (Å²) in [6.07, 6.45) is 2.97. The van der Waals surface area contributed by atoms with Gasteiger partial charge in [-0.05, 0) is 29.7 Å². The second kappa shape index (κ2) is 5.98. The molecular weight excluding hydrogens is 246 g/mol. The molecule has 0 aliphatic rings. The molecule has 1 aromatic heterocycles. The van der Waals surface area contributed by atoms with Gasteiger partial charge in [0, 0.05) is 6.20 Å². The van der Waals surface area contributed by atoms with Crippen LogP contribution in [0.3, 0.4) is 0 Å². The van der Waals surface area contributed by atoms with Crippen LogP contribution in [0.25, 0.3) is 0 Å². The van der Waals surface area contributed by atoms with Crippen LogP contribution >= 0.6 is 11.6 Å². The van der Waals surface area contributed by atoms with Crippen LogP contribution in [0.15, 0.2) is 42.6 Å². The number of pyridine rings is 1. The molecule has 0 fully saturated rings. The molecule has 0 radical (unpaired) electrons. The van der Waals surface area contributed by atoms with Crippen LogP contribution in [-0.4, -0.2) is 10.1 Å². The zero-order valence-corrected chi connectivity index (χ0v) is 11.1. The van der Waals surface area contributed by atoms with Gasteiger partial charge in [-0.3, -0.25) is 4.98 Å². The zero-order chi connectivity index (χ0) is 13.0. The highest BCUT2D eigenvalue weighted by atomic mass is 35.5. The Labute approximate surface area is 112 Å². The highest BCUT2D eigenvalue weighted by molar-refractivity contribution is 6.31. The Morgan fingerprint density at radius 1 is 1.28 bits per heavy atom. The summed E-state index contributed by atoms with van der Waals surface area (Å²) < 4.78 is 0. The van der Waals surface area contributed by atoms with E-state index in [1.165, 1.54) is 5.56 Å². The number of aromatic nitrogens is 1. The number of benzene rings is 1. The number of aliphatic hydroxyl groups excluding tert-OH is 1. The van der Waals surface area contributed by atoms with Gasteiger partial charge in [0.25, 0.3) is 0 Å². The summed E-state index contributed by atoms with van der Waals surface area (Å²) >= 11 is 6.05. The Hall–Kier alpha value is -1.38. The average Bonchev–Trinajstić information content (AvgIpc) is 2.39. The molecule has 2 nitrogen and oxygen atoms in total. The van der Waals surface area contributed by atoms with Crippen LogP contribution in [0.4, 0.5) is 0 Å². The normalized spacial score (nSPS) is 12.4. The lowest BCUT2D eigenvalue weighted by atomic mass is 10.0. The highest BCUT2D eigenvalue weighted by Crippen LogP contribution is 2.26. The molecule has 0 saturated carbocycles. The largest absolute Gasteiger partial charge is 0.382 e. The molecule has 0 aliphatic carbocycles. The Balaban J connectivity index is 2.31. The van der Waals surface area contributed by atoms with Gasteiger partial charge in [-0.1, -0.05) is 49.2 Å². The maximum Gasteiger partial charge on any atom is 0.122 e. The molecule has 1 atom stereocenters. The van der Waals surface area contributed by atoms with Crippen LogP contribution in [0.5, 0.6) is 0 Å². The lowest BCUT2D eigenvalue weighted by Crippen LogP contribution is -2.03. The predicted molar refractivity (Wildman–Crippen MR) is 73.7 cm³/mol. The minimum absolute atomic E-state index is 0.492. The molecular formula is C15H16ClNO. The van der Waals surface area contributed by atoms with Gasteiger partial charge in [0.1, 0.15) is 6.10 Å². The molecule has 3 heteroatoms. The SMILES string of the molecule is CCCc1cccc(C(O)c2ncccc2Cl)c1. The molecule has 1 unspecified atom stereocenters. The average molecular weight is 262 g/mol. The van der Waals surface area contributed by atoms with Crippen molar-refractivity contribution in [2.45, 2.75) is 25.9 Å². The minimum atomic E-state index is -0.768. The monoisotopic (exact) mass is 261 g/mol. The fourth-order valence-corrected chi connectivity index (χ4v) is 2.19. The summed E-state index contributed by atoms with van der Waals surface area (Å²) in [6.45, 7) is 2.14. The first kappa shape index (κ1) is 13.1. The predicted octanol–water partition coefficient (Wildman–Crippen LogP) is 3.77. The van der Waals surface area contributed by atoms with E-state index in [-0.39, 0.29) is 0 Å². The van der Waals surface area contributed by atoms with Gasteiger partial charge in [-0.15, -0.1) is 0 Å². The summed E-state index contributed by atoms with van der Waals surface area (Å²) in [5, 5.41) is 10.8. The molecule has 0 spiro atoms. The number of aryl methyl sites for hydroxylation is 1. The maximum atomic E-state index is 10.3. The molecule has 2 rings (SSSR count). The third-order valence-electron chi connectivity index (χ3n) is 2.85. The molecule has 18 heavy (non-hydrogen) atoms. The third kappa shape index (κ3) is 2.89. The van der Waals surface area contributed by atoms with E-state index in [2.05, 4.69) is 18.0 Å². The summed E-state index contributed by atoms with van der Waals surface area (Å²) in [6, 6.07) is 11.4. The van der Waals surface area contributed by atoms with Crippen molar-refractivity contribution in [2.24, 2.45) is 0 Å². The van der Waals surface area contributed by atoms with Crippen molar-refractivity contribution in [3.63, 3.8) is 0 Å². The molecule has 0 aliphatic heterocycles. The molecule has 94 valence electrons. The van der Waals surface area contributed by atoms with Crippen molar-refractivity contribution in [1.29, 1.82) is 0 Å². The highest BCUT2D eigenvalue weighted by Gasteiger charge is 2.15. The number of halogens is 1. The van der Waals surface area contributed by atoms with Crippen molar-refractivity contribution in [1.82, 2.24) is 4.98 Å². The minimum Gasteiger partial charge on any atom is -0.382 e. The molecule has 1 N–H and O–H groups in total. The molecule has 0 bridgehead atoms. The van der Waals surface area contributed by atoms with E-state index in [9.17, 15) is 5.11 Å². The molecule has 1 aromatic carbocycles. The molecule has 2 aromatic rings. The first-order valence-corrected chi connectivity index (χ1v) is 6.47. The van der Waals surface area contributed by atoms with Crippen molar-refractivity contribution < 1.29 is 5.11 Å². The second-order valence-electron chi connectivity index (χ2n) is 4.27. The Bertz CT molecular complexity index is 527. The van der Waals surface area contributed by atoms with Gasteiger partial charge in [-0.25, -0.2) is 0 Å². The van der Waals surface area contributed by atoms with E-state index in [4.69, 9.17) is 11.6 Å². The summed E-state index contributed by atoms with van der Waals surface area (Å²) in [5.74, 6) is 0. The van der Waals surface area contributed by atoms with E-state index in [0.29, 0.717) is 10.7 Å². The van der Waals surface area contributed by atoms with Gasteiger partial charge in [0.15, 0.2) is 0 Å². The van der Waals surface area contributed by atoms with Gasteiger partial charge in [0.05, 0.1) is 10.7 Å². The quantitative estimate of drug-likeness (QED) is 0.909. The van der Waals surface area contributed by atoms with Crippen molar-refractivity contribution in [3.05, 3.63) is 64.4 Å². The number of aliphatic hydroxyl groups is 1. The van der Waals surface area contributed by atoms with E-state index < -0.39 is 6.10 Å². The first-order valence-electron chi connectivity index (χ1n) is 6.09. The lowest BCUT2D eigenvalue weighted by molar-refractivity contribution is 0.215. The first-order chi connectivity index (χ1) is 8.72. The Kier molecular flexibility index (Phi) is 4.34. The molecule has 1 heterocycles. The van der Waals surface area contributed by atoms with Crippen molar-refractivity contribution >= 4 is 11.6 Å². The van der Waals surface area contributed by atoms with Crippen molar-refractivity contribution in [3.8, 4) is 0 Å². The topological polar surface area (TPSA) is 33.1 Å².